The lowest BCUT2D eigenvalue weighted by atomic mass is 9.99. The van der Waals surface area contributed by atoms with Crippen LogP contribution in [-0.2, 0) is 0 Å². The van der Waals surface area contributed by atoms with Gasteiger partial charge in [-0.3, -0.25) is 0 Å². The first-order chi connectivity index (χ1) is 38.6. The molecule has 0 bridgehead atoms. The summed E-state index contributed by atoms with van der Waals surface area (Å²) in [5.41, 5.74) is 21.3. The predicted molar refractivity (Wildman–Crippen MR) is 318 cm³/mol. The van der Waals surface area contributed by atoms with Crippen molar-refractivity contribution in [2.75, 3.05) is 0 Å². The van der Waals surface area contributed by atoms with Crippen LogP contribution < -0.4 is 0 Å². The SMILES string of the molecule is c1ccc(-c2cc(-c3ccccc3)nc(-c3ccc(-c4cc(-c5ccccc5)nc(-c5ccc(-c6nc(-c7ccccc7)cc(-c7ccc(-c8cc(-c9ccccc9)cc(-c9ccccc9)n8)cc7)n6)cc5)n4)cc3)c2)cc1. The van der Waals surface area contributed by atoms with Gasteiger partial charge in [0.25, 0.3) is 0 Å². The molecule has 0 aliphatic heterocycles. The molecule has 0 aliphatic carbocycles. The van der Waals surface area contributed by atoms with Crippen LogP contribution in [0, 0.1) is 0 Å². The summed E-state index contributed by atoms with van der Waals surface area (Å²) in [6.07, 6.45) is 0. The Balaban J connectivity index is 0.833. The normalized spacial score (nSPS) is 11.1. The van der Waals surface area contributed by atoms with Crippen molar-refractivity contribution in [2.45, 2.75) is 0 Å². The Labute approximate surface area is 453 Å². The molecule has 0 saturated heterocycles. The second-order valence-corrected chi connectivity index (χ2v) is 19.1. The van der Waals surface area contributed by atoms with Gasteiger partial charge in [0.1, 0.15) is 0 Å². The summed E-state index contributed by atoms with van der Waals surface area (Å²) < 4.78 is 0. The first-order valence-electron chi connectivity index (χ1n) is 26.1. The summed E-state index contributed by atoms with van der Waals surface area (Å²) in [5.74, 6) is 1.23. The van der Waals surface area contributed by atoms with Crippen molar-refractivity contribution in [2.24, 2.45) is 0 Å². The highest BCUT2D eigenvalue weighted by Gasteiger charge is 2.17. The zero-order valence-electron chi connectivity index (χ0n) is 42.4. The van der Waals surface area contributed by atoms with Gasteiger partial charge in [-0.25, -0.2) is 29.9 Å². The van der Waals surface area contributed by atoms with Gasteiger partial charge in [0.05, 0.1) is 45.6 Å². The lowest BCUT2D eigenvalue weighted by Gasteiger charge is -2.12. The molecule has 0 spiro atoms. The van der Waals surface area contributed by atoms with Crippen molar-refractivity contribution in [1.82, 2.24) is 29.9 Å². The van der Waals surface area contributed by atoms with Crippen LogP contribution >= 0.6 is 0 Å². The summed E-state index contributed by atoms with van der Waals surface area (Å²) in [7, 11) is 0. The maximum Gasteiger partial charge on any atom is 0.160 e. The smallest absolute Gasteiger partial charge is 0.160 e. The van der Waals surface area contributed by atoms with Gasteiger partial charge in [-0.1, -0.05) is 255 Å². The molecule has 0 unspecified atom stereocenters. The van der Waals surface area contributed by atoms with E-state index >= 15 is 0 Å². The molecule has 6 nitrogen and oxygen atoms in total. The molecule has 0 saturated carbocycles. The van der Waals surface area contributed by atoms with E-state index in [-0.39, 0.29) is 0 Å². The van der Waals surface area contributed by atoms with Gasteiger partial charge < -0.3 is 0 Å². The maximum atomic E-state index is 5.23. The fourth-order valence-corrected chi connectivity index (χ4v) is 9.82. The summed E-state index contributed by atoms with van der Waals surface area (Å²) in [5, 5.41) is 0. The predicted octanol–water partition coefficient (Wildman–Crippen LogP) is 18.1. The first-order valence-corrected chi connectivity index (χ1v) is 26.1. The average molecular weight is 997 g/mol. The molecule has 0 amide bonds. The number of nitrogens with zero attached hydrogens (tertiary/aromatic N) is 6. The summed E-state index contributed by atoms with van der Waals surface area (Å²) in [6.45, 7) is 0. The fourth-order valence-electron chi connectivity index (χ4n) is 9.82. The topological polar surface area (TPSA) is 77.3 Å². The Morgan fingerprint density at radius 3 is 0.538 bits per heavy atom. The molecule has 13 rings (SSSR count). The van der Waals surface area contributed by atoms with Crippen molar-refractivity contribution in [3.05, 3.63) is 291 Å². The number of rotatable bonds is 12. The van der Waals surface area contributed by atoms with Crippen LogP contribution in [0.5, 0.6) is 0 Å². The number of hydrogen-bond acceptors (Lipinski definition) is 6. The van der Waals surface area contributed by atoms with Gasteiger partial charge in [0.2, 0.25) is 0 Å². The molecule has 4 heterocycles. The molecular formula is C72H48N6. The molecule has 0 aliphatic rings. The molecule has 4 aromatic heterocycles. The van der Waals surface area contributed by atoms with Crippen LogP contribution in [-0.4, -0.2) is 29.9 Å². The standard InChI is InChI=1S/C72H48N6/c1-7-19-49(20-8-1)61-43-63(51-23-11-3-12-24-51)73-65(45-61)55-31-35-57(36-32-55)69-47-67(53-27-15-5-16-28-53)75-71(77-69)59-39-41-60(42-40-59)72-76-68(54-29-17-6-18-30-54)48-70(78-72)58-37-33-56(34-38-58)66-46-62(50-21-9-2-10-22-50)44-64(74-66)52-25-13-4-14-26-52/h1-48H. The van der Waals surface area contributed by atoms with Gasteiger partial charge in [0, 0.05) is 55.6 Å². The van der Waals surface area contributed by atoms with Crippen molar-refractivity contribution in [1.29, 1.82) is 0 Å². The van der Waals surface area contributed by atoms with Gasteiger partial charge in [0.15, 0.2) is 11.6 Å². The van der Waals surface area contributed by atoms with E-state index in [0.717, 1.165) is 123 Å². The first kappa shape index (κ1) is 47.2. The lowest BCUT2D eigenvalue weighted by molar-refractivity contribution is 1.17. The molecular weight excluding hydrogens is 949 g/mol. The second kappa shape index (κ2) is 21.4. The monoisotopic (exact) mass is 996 g/mol. The van der Waals surface area contributed by atoms with E-state index in [1.807, 2.05) is 60.7 Å². The molecule has 0 fully saturated rings. The quantitative estimate of drug-likeness (QED) is 0.121. The van der Waals surface area contributed by atoms with Gasteiger partial charge >= 0.3 is 0 Å². The van der Waals surface area contributed by atoms with Crippen LogP contribution in [0.4, 0.5) is 0 Å². The highest BCUT2D eigenvalue weighted by atomic mass is 14.9. The number of aromatic nitrogens is 6. The molecule has 0 atom stereocenters. The van der Waals surface area contributed by atoms with E-state index in [0.29, 0.717) is 11.6 Å². The van der Waals surface area contributed by atoms with E-state index in [9.17, 15) is 0 Å². The van der Waals surface area contributed by atoms with Crippen LogP contribution in [0.2, 0.25) is 0 Å². The Kier molecular flexibility index (Phi) is 12.9. The lowest BCUT2D eigenvalue weighted by Crippen LogP contribution is -1.97. The Hall–Kier alpha value is -10.6. The Morgan fingerprint density at radius 1 is 0.128 bits per heavy atom. The van der Waals surface area contributed by atoms with Gasteiger partial charge in [-0.2, -0.15) is 0 Å². The van der Waals surface area contributed by atoms with E-state index in [1.54, 1.807) is 0 Å². The highest BCUT2D eigenvalue weighted by Crippen LogP contribution is 2.36. The average Bonchev–Trinajstić information content (AvgIpc) is 3.55. The van der Waals surface area contributed by atoms with E-state index in [2.05, 4.69) is 231 Å². The summed E-state index contributed by atoms with van der Waals surface area (Å²) in [4.78, 5) is 31.1. The number of hydrogen-bond donors (Lipinski definition) is 0. The van der Waals surface area contributed by atoms with E-state index < -0.39 is 0 Å². The molecule has 78 heavy (non-hydrogen) atoms. The third kappa shape index (κ3) is 10.2. The van der Waals surface area contributed by atoms with Crippen LogP contribution in [0.3, 0.4) is 0 Å². The summed E-state index contributed by atoms with van der Waals surface area (Å²) >= 11 is 0. The van der Waals surface area contributed by atoms with Gasteiger partial charge in [-0.15, -0.1) is 0 Å². The molecule has 0 N–H and O–H groups in total. The van der Waals surface area contributed by atoms with Crippen LogP contribution in [0.15, 0.2) is 291 Å². The van der Waals surface area contributed by atoms with Crippen molar-refractivity contribution >= 4 is 0 Å². The molecule has 13 aromatic rings. The fraction of sp³-hybridized carbons (Fsp3) is 0. The van der Waals surface area contributed by atoms with E-state index in [1.165, 1.54) is 0 Å². The minimum Gasteiger partial charge on any atom is -0.248 e. The largest absolute Gasteiger partial charge is 0.248 e. The van der Waals surface area contributed by atoms with E-state index in [4.69, 9.17) is 29.9 Å². The third-order valence-corrected chi connectivity index (χ3v) is 13.9. The van der Waals surface area contributed by atoms with Crippen molar-refractivity contribution in [3.8, 4) is 135 Å². The molecule has 9 aromatic carbocycles. The van der Waals surface area contributed by atoms with Gasteiger partial charge in [-0.05, 0) is 58.7 Å². The van der Waals surface area contributed by atoms with Crippen LogP contribution in [0.25, 0.3) is 135 Å². The Morgan fingerprint density at radius 2 is 0.308 bits per heavy atom. The zero-order chi connectivity index (χ0) is 52.0. The molecule has 0 radical (unpaired) electrons. The minimum absolute atomic E-state index is 0.617. The second-order valence-electron chi connectivity index (χ2n) is 19.1. The molecule has 6 heteroatoms. The summed E-state index contributed by atoms with van der Waals surface area (Å²) in [6, 6.07) is 100. The van der Waals surface area contributed by atoms with Crippen molar-refractivity contribution in [3.63, 3.8) is 0 Å². The number of benzene rings is 9. The van der Waals surface area contributed by atoms with Crippen LogP contribution in [0.1, 0.15) is 0 Å². The minimum atomic E-state index is 0.617. The zero-order valence-corrected chi connectivity index (χ0v) is 42.4. The highest BCUT2D eigenvalue weighted by molar-refractivity contribution is 5.81. The number of pyridine rings is 2. The molecule has 366 valence electrons. The third-order valence-electron chi connectivity index (χ3n) is 13.9. The Bertz CT molecular complexity index is 3790. The van der Waals surface area contributed by atoms with Crippen molar-refractivity contribution < 1.29 is 0 Å². The maximum absolute atomic E-state index is 5.23.